The van der Waals surface area contributed by atoms with Crippen LogP contribution in [0.4, 0.5) is 8.78 Å². The summed E-state index contributed by atoms with van der Waals surface area (Å²) in [5.41, 5.74) is 0. The van der Waals surface area contributed by atoms with Gasteiger partial charge in [0.2, 0.25) is 0 Å². The van der Waals surface area contributed by atoms with Crippen molar-refractivity contribution in [1.29, 1.82) is 0 Å². The van der Waals surface area contributed by atoms with Gasteiger partial charge in [0.1, 0.15) is 11.6 Å². The molecule has 0 saturated carbocycles. The molecular formula is C16H10F2I2S+2. The SMILES string of the molecule is Fc1ccc([I+]c2ccc([I+]c3ccc(F)cc3)s2)cc1. The fraction of sp³-hybridized carbons (Fsp3) is 0. The molecule has 106 valence electrons. The van der Waals surface area contributed by atoms with Crippen LogP contribution in [-0.2, 0) is 0 Å². The van der Waals surface area contributed by atoms with Gasteiger partial charge in [-0.3, -0.25) is 0 Å². The third kappa shape index (κ3) is 4.46. The van der Waals surface area contributed by atoms with Gasteiger partial charge in [0.15, 0.2) is 7.14 Å². The van der Waals surface area contributed by atoms with Crippen LogP contribution in [0.5, 0.6) is 0 Å². The molecule has 0 nitrogen and oxygen atoms in total. The van der Waals surface area contributed by atoms with Gasteiger partial charge >= 0.3 is 42.4 Å². The number of halogens is 4. The Bertz CT molecular complexity index is 659. The quantitative estimate of drug-likeness (QED) is 0.356. The number of hydrogen-bond donors (Lipinski definition) is 0. The first-order valence-corrected chi connectivity index (χ1v) is 11.2. The van der Waals surface area contributed by atoms with E-state index in [1.54, 1.807) is 0 Å². The molecular weight excluding hydrogens is 516 g/mol. The van der Waals surface area contributed by atoms with E-state index in [9.17, 15) is 8.78 Å². The lowest BCUT2D eigenvalue weighted by atomic mass is 10.4. The van der Waals surface area contributed by atoms with Crippen LogP contribution in [0.3, 0.4) is 0 Å². The van der Waals surface area contributed by atoms with E-state index >= 15 is 0 Å². The predicted molar refractivity (Wildman–Crippen MR) is 71.9 cm³/mol. The molecule has 0 saturated heterocycles. The van der Waals surface area contributed by atoms with E-state index in [1.165, 1.54) is 37.2 Å². The molecule has 0 amide bonds. The van der Waals surface area contributed by atoms with Crippen molar-refractivity contribution in [3.63, 3.8) is 0 Å². The molecule has 3 rings (SSSR count). The van der Waals surface area contributed by atoms with Crippen molar-refractivity contribution in [3.05, 3.63) is 85.2 Å². The van der Waals surface area contributed by atoms with Crippen LogP contribution in [0.25, 0.3) is 0 Å². The molecule has 0 aliphatic rings. The minimum Gasteiger partial charge on any atom is -0.207 e. The minimum absolute atomic E-state index is 0.184. The Balaban J connectivity index is 1.68. The lowest BCUT2D eigenvalue weighted by Gasteiger charge is -1.84. The third-order valence-electron chi connectivity index (χ3n) is 2.55. The van der Waals surface area contributed by atoms with E-state index in [0.29, 0.717) is 0 Å². The molecule has 0 bridgehead atoms. The average Bonchev–Trinajstić information content (AvgIpc) is 2.91. The molecule has 0 unspecified atom stereocenters. The summed E-state index contributed by atoms with van der Waals surface area (Å²) in [5.74, 6) is -0.367. The van der Waals surface area contributed by atoms with E-state index in [4.69, 9.17) is 0 Å². The lowest BCUT2D eigenvalue weighted by molar-refractivity contribution is -0.594. The smallest absolute Gasteiger partial charge is 0.207 e. The zero-order chi connectivity index (χ0) is 14.7. The van der Waals surface area contributed by atoms with Gasteiger partial charge in [0.05, 0.1) is 0 Å². The van der Waals surface area contributed by atoms with Crippen LogP contribution in [0, 0.1) is 24.5 Å². The highest BCUT2D eigenvalue weighted by Crippen LogP contribution is 1.98. The molecule has 1 aromatic heterocycles. The first-order valence-electron chi connectivity index (χ1n) is 6.10. The van der Waals surface area contributed by atoms with Crippen LogP contribution < -0.4 is 42.4 Å². The molecule has 0 spiro atoms. The number of rotatable bonds is 4. The monoisotopic (exact) mass is 526 g/mol. The largest absolute Gasteiger partial charge is 0.369 e. The minimum atomic E-state index is -0.235. The van der Waals surface area contributed by atoms with Crippen LogP contribution in [0.2, 0.25) is 0 Å². The van der Waals surface area contributed by atoms with Crippen molar-refractivity contribution in [3.8, 4) is 0 Å². The predicted octanol–water partition coefficient (Wildman–Crippen LogP) is -1.72. The number of benzene rings is 2. The van der Waals surface area contributed by atoms with Gasteiger partial charge in [-0.25, -0.2) is 8.78 Å². The van der Waals surface area contributed by atoms with Crippen LogP contribution >= 0.6 is 11.3 Å². The molecule has 0 fully saturated rings. The van der Waals surface area contributed by atoms with Gasteiger partial charge in [0, 0.05) is 12.1 Å². The van der Waals surface area contributed by atoms with Crippen LogP contribution in [0.1, 0.15) is 0 Å². The van der Waals surface area contributed by atoms with Gasteiger partial charge in [-0.1, -0.05) is 0 Å². The average molecular weight is 526 g/mol. The summed E-state index contributed by atoms with van der Waals surface area (Å²) >= 11 is 1.37. The molecule has 3 aromatic rings. The maximum absolute atomic E-state index is 12.9. The number of hydrogen-bond acceptors (Lipinski definition) is 1. The summed E-state index contributed by atoms with van der Waals surface area (Å²) in [6.45, 7) is 0. The number of thiophene rings is 1. The summed E-state index contributed by atoms with van der Waals surface area (Å²) < 4.78 is 31.0. The van der Waals surface area contributed by atoms with E-state index in [-0.39, 0.29) is 54.0 Å². The van der Waals surface area contributed by atoms with E-state index in [0.717, 1.165) is 0 Å². The maximum Gasteiger partial charge on any atom is 0.369 e. The van der Waals surface area contributed by atoms with Gasteiger partial charge in [0.25, 0.3) is 5.77 Å². The first kappa shape index (κ1) is 15.4. The Kier molecular flexibility index (Phi) is 5.23. The van der Waals surface area contributed by atoms with Gasteiger partial charge in [-0.2, -0.15) is 0 Å². The second-order valence-electron chi connectivity index (χ2n) is 4.11. The van der Waals surface area contributed by atoms with E-state index in [2.05, 4.69) is 12.1 Å². The zero-order valence-electron chi connectivity index (χ0n) is 10.7. The zero-order valence-corrected chi connectivity index (χ0v) is 15.8. The Morgan fingerprint density at radius 1 is 0.571 bits per heavy atom. The Hall–Kier alpha value is -0.540. The Morgan fingerprint density at radius 2 is 0.952 bits per heavy atom. The van der Waals surface area contributed by atoms with Gasteiger partial charge in [-0.15, -0.1) is 0 Å². The summed E-state index contributed by atoms with van der Waals surface area (Å²) in [6.07, 6.45) is 0. The normalized spacial score (nSPS) is 10.8. The highest BCUT2D eigenvalue weighted by atomic mass is 127. The van der Waals surface area contributed by atoms with Crippen LogP contribution in [0.15, 0.2) is 60.7 Å². The standard InChI is InChI=1S/C16H10F2I2S/c17-11-1-5-13(6-2-11)19-15-9-10-16(21-15)20-14-7-3-12(18)4-8-14/h1-10H/q+2. The highest BCUT2D eigenvalue weighted by molar-refractivity contribution is 7.06. The molecule has 0 N–H and O–H groups in total. The second-order valence-corrected chi connectivity index (χ2v) is 12.5. The fourth-order valence-corrected chi connectivity index (χ4v) is 10.1. The highest BCUT2D eigenvalue weighted by Gasteiger charge is 2.24. The molecule has 0 radical (unpaired) electrons. The van der Waals surface area contributed by atoms with E-state index in [1.807, 2.05) is 35.6 Å². The molecule has 1 heterocycles. The molecule has 2 aromatic carbocycles. The van der Waals surface area contributed by atoms with Crippen molar-refractivity contribution < 1.29 is 51.2 Å². The van der Waals surface area contributed by atoms with Crippen molar-refractivity contribution in [2.75, 3.05) is 0 Å². The third-order valence-corrected chi connectivity index (χ3v) is 10.0. The Labute approximate surface area is 146 Å². The summed E-state index contributed by atoms with van der Waals surface area (Å²) in [4.78, 5) is 0. The van der Waals surface area contributed by atoms with Crippen molar-refractivity contribution in [1.82, 2.24) is 0 Å². The fourth-order valence-electron chi connectivity index (χ4n) is 1.59. The molecule has 0 atom stereocenters. The van der Waals surface area contributed by atoms with Crippen LogP contribution in [-0.4, -0.2) is 0 Å². The maximum atomic E-state index is 12.9. The topological polar surface area (TPSA) is 0 Å². The molecule has 0 aliphatic heterocycles. The summed E-state index contributed by atoms with van der Waals surface area (Å²) in [6, 6.07) is 17.9. The Morgan fingerprint density at radius 3 is 1.33 bits per heavy atom. The van der Waals surface area contributed by atoms with Crippen molar-refractivity contribution in [2.45, 2.75) is 0 Å². The van der Waals surface area contributed by atoms with Gasteiger partial charge < -0.3 is 0 Å². The van der Waals surface area contributed by atoms with E-state index < -0.39 is 0 Å². The molecule has 5 heteroatoms. The molecule has 21 heavy (non-hydrogen) atoms. The van der Waals surface area contributed by atoms with Crippen molar-refractivity contribution in [2.24, 2.45) is 0 Å². The molecule has 0 aliphatic carbocycles. The summed E-state index contributed by atoms with van der Waals surface area (Å²) in [5, 5.41) is 0. The summed E-state index contributed by atoms with van der Waals surface area (Å²) in [7, 11) is 0. The lowest BCUT2D eigenvalue weighted by Crippen LogP contribution is -3.62. The van der Waals surface area contributed by atoms with Gasteiger partial charge in [-0.05, 0) is 59.9 Å². The first-order chi connectivity index (χ1) is 10.2. The van der Waals surface area contributed by atoms with Crippen molar-refractivity contribution >= 4 is 11.3 Å². The second kappa shape index (κ2) is 7.15.